The number of nitrogens with zero attached hydrogens (tertiary/aromatic N) is 1. The normalized spacial score (nSPS) is 14.6. The van der Waals surface area contributed by atoms with Crippen molar-refractivity contribution in [2.45, 2.75) is 13.0 Å². The highest BCUT2D eigenvalue weighted by atomic mass is 16.5. The Morgan fingerprint density at radius 1 is 1.21 bits per heavy atom. The van der Waals surface area contributed by atoms with Crippen LogP contribution in [-0.2, 0) is 27.2 Å². The molecule has 0 aromatic heterocycles. The zero-order valence-corrected chi connectivity index (χ0v) is 11.1. The molecule has 1 heterocycles. The van der Waals surface area contributed by atoms with Crippen molar-refractivity contribution in [1.82, 2.24) is 4.90 Å². The van der Waals surface area contributed by atoms with E-state index in [0.717, 1.165) is 24.1 Å². The largest absolute Gasteiger partial charge is 0.468 e. The fraction of sp³-hybridized carbons (Fsp3) is 0.429. The second kappa shape index (κ2) is 5.84. The highest BCUT2D eigenvalue weighted by Crippen LogP contribution is 2.20. The van der Waals surface area contributed by atoms with Crippen LogP contribution in [0.2, 0.25) is 0 Å². The second-order valence-corrected chi connectivity index (χ2v) is 4.51. The van der Waals surface area contributed by atoms with E-state index >= 15 is 0 Å². The molecule has 5 heteroatoms. The number of fused-ring (bicyclic) bond motifs is 1. The van der Waals surface area contributed by atoms with Gasteiger partial charge in [0.1, 0.15) is 0 Å². The molecule has 0 unspecified atom stereocenters. The Hall–Kier alpha value is -1.88. The first-order valence-electron chi connectivity index (χ1n) is 6.13. The Labute approximate surface area is 112 Å². The van der Waals surface area contributed by atoms with E-state index in [1.54, 1.807) is 6.07 Å². The summed E-state index contributed by atoms with van der Waals surface area (Å²) in [6.45, 7) is 1.79. The summed E-state index contributed by atoms with van der Waals surface area (Å²) in [5, 5.41) is 0. The molecule has 0 atom stereocenters. The van der Waals surface area contributed by atoms with Gasteiger partial charge in [-0.15, -0.1) is 0 Å². The first kappa shape index (κ1) is 13.5. The van der Waals surface area contributed by atoms with Gasteiger partial charge in [0, 0.05) is 13.1 Å². The SMILES string of the molecule is COC(=O)CN1CCc2cc(C(=O)OC)ccc2C1. The number of esters is 2. The number of rotatable bonds is 3. The average Bonchev–Trinajstić information content (AvgIpc) is 2.45. The van der Waals surface area contributed by atoms with Gasteiger partial charge in [0.2, 0.25) is 0 Å². The minimum Gasteiger partial charge on any atom is -0.468 e. The molecule has 0 fully saturated rings. The molecule has 0 amide bonds. The summed E-state index contributed by atoms with van der Waals surface area (Å²) in [6, 6.07) is 5.55. The molecule has 1 aliphatic heterocycles. The van der Waals surface area contributed by atoms with E-state index < -0.39 is 0 Å². The molecular weight excluding hydrogens is 246 g/mol. The van der Waals surface area contributed by atoms with E-state index in [4.69, 9.17) is 4.74 Å². The molecule has 5 nitrogen and oxygen atoms in total. The minimum atomic E-state index is -0.320. The zero-order valence-electron chi connectivity index (χ0n) is 11.1. The van der Waals surface area contributed by atoms with Crippen molar-refractivity contribution in [1.29, 1.82) is 0 Å². The molecule has 0 aliphatic carbocycles. The molecule has 0 saturated carbocycles. The quantitative estimate of drug-likeness (QED) is 0.762. The number of ether oxygens (including phenoxy) is 2. The molecule has 1 aromatic carbocycles. The lowest BCUT2D eigenvalue weighted by Crippen LogP contribution is -2.35. The lowest BCUT2D eigenvalue weighted by Gasteiger charge is -2.27. The van der Waals surface area contributed by atoms with Gasteiger partial charge in [-0.3, -0.25) is 9.69 Å². The highest BCUT2D eigenvalue weighted by Gasteiger charge is 2.19. The van der Waals surface area contributed by atoms with E-state index in [-0.39, 0.29) is 11.9 Å². The van der Waals surface area contributed by atoms with Gasteiger partial charge in [0.05, 0.1) is 26.3 Å². The molecule has 1 aromatic rings. The van der Waals surface area contributed by atoms with Crippen molar-refractivity contribution in [3.8, 4) is 0 Å². The highest BCUT2D eigenvalue weighted by molar-refractivity contribution is 5.89. The average molecular weight is 263 g/mol. The zero-order chi connectivity index (χ0) is 13.8. The van der Waals surface area contributed by atoms with Crippen molar-refractivity contribution < 1.29 is 19.1 Å². The first-order chi connectivity index (χ1) is 9.13. The molecule has 2 rings (SSSR count). The Kier molecular flexibility index (Phi) is 4.16. The summed E-state index contributed by atoms with van der Waals surface area (Å²) in [4.78, 5) is 24.7. The molecule has 0 saturated heterocycles. The van der Waals surface area contributed by atoms with Crippen LogP contribution >= 0.6 is 0 Å². The van der Waals surface area contributed by atoms with Crippen LogP contribution in [0.1, 0.15) is 21.5 Å². The number of carbonyl (C=O) groups excluding carboxylic acids is 2. The third-order valence-corrected chi connectivity index (χ3v) is 3.30. The Balaban J connectivity index is 2.10. The van der Waals surface area contributed by atoms with Crippen molar-refractivity contribution in [2.75, 3.05) is 27.3 Å². The van der Waals surface area contributed by atoms with E-state index in [1.165, 1.54) is 14.2 Å². The molecule has 102 valence electrons. The number of hydrogen-bond donors (Lipinski definition) is 0. The van der Waals surface area contributed by atoms with Crippen molar-refractivity contribution in [2.24, 2.45) is 0 Å². The Morgan fingerprint density at radius 3 is 2.68 bits per heavy atom. The van der Waals surface area contributed by atoms with Crippen LogP contribution in [0.5, 0.6) is 0 Å². The molecule has 0 bridgehead atoms. The number of hydrogen-bond acceptors (Lipinski definition) is 5. The van der Waals surface area contributed by atoms with Gasteiger partial charge in [-0.25, -0.2) is 4.79 Å². The standard InChI is InChI=1S/C14H17NO4/c1-18-13(16)9-15-6-5-10-7-11(14(17)19-2)3-4-12(10)8-15/h3-4,7H,5-6,8-9H2,1-2H3. The van der Waals surface area contributed by atoms with Crippen LogP contribution in [0.25, 0.3) is 0 Å². The fourth-order valence-corrected chi connectivity index (χ4v) is 2.24. The van der Waals surface area contributed by atoms with Crippen LogP contribution in [0.4, 0.5) is 0 Å². The van der Waals surface area contributed by atoms with Crippen LogP contribution in [0, 0.1) is 0 Å². The third kappa shape index (κ3) is 3.12. The van der Waals surface area contributed by atoms with Crippen LogP contribution in [0.15, 0.2) is 18.2 Å². The van der Waals surface area contributed by atoms with Gasteiger partial charge in [0.15, 0.2) is 0 Å². The summed E-state index contributed by atoms with van der Waals surface area (Å²) in [5.74, 6) is -0.547. The second-order valence-electron chi connectivity index (χ2n) is 4.51. The molecule has 0 N–H and O–H groups in total. The smallest absolute Gasteiger partial charge is 0.337 e. The third-order valence-electron chi connectivity index (χ3n) is 3.30. The lowest BCUT2D eigenvalue weighted by atomic mass is 9.97. The summed E-state index contributed by atoms with van der Waals surface area (Å²) >= 11 is 0. The fourth-order valence-electron chi connectivity index (χ4n) is 2.24. The maximum Gasteiger partial charge on any atom is 0.337 e. The maximum atomic E-state index is 11.5. The van der Waals surface area contributed by atoms with Gasteiger partial charge >= 0.3 is 11.9 Å². The van der Waals surface area contributed by atoms with E-state index in [9.17, 15) is 9.59 Å². The molecule has 0 radical (unpaired) electrons. The number of methoxy groups -OCH3 is 2. The molecular formula is C14H17NO4. The monoisotopic (exact) mass is 263 g/mol. The van der Waals surface area contributed by atoms with Gasteiger partial charge in [-0.2, -0.15) is 0 Å². The summed E-state index contributed by atoms with van der Waals surface area (Å²) in [5.41, 5.74) is 2.86. The minimum absolute atomic E-state index is 0.227. The Morgan fingerprint density at radius 2 is 2.00 bits per heavy atom. The van der Waals surface area contributed by atoms with Crippen molar-refractivity contribution in [3.63, 3.8) is 0 Å². The van der Waals surface area contributed by atoms with Crippen molar-refractivity contribution >= 4 is 11.9 Å². The Bertz CT molecular complexity index is 498. The number of carbonyl (C=O) groups is 2. The van der Waals surface area contributed by atoms with Crippen LogP contribution in [-0.4, -0.2) is 44.1 Å². The van der Waals surface area contributed by atoms with Gasteiger partial charge < -0.3 is 9.47 Å². The summed E-state index contributed by atoms with van der Waals surface area (Å²) < 4.78 is 9.37. The van der Waals surface area contributed by atoms with Crippen LogP contribution in [0.3, 0.4) is 0 Å². The first-order valence-corrected chi connectivity index (χ1v) is 6.13. The van der Waals surface area contributed by atoms with E-state index in [2.05, 4.69) is 4.74 Å². The van der Waals surface area contributed by atoms with Gasteiger partial charge in [-0.1, -0.05) is 6.07 Å². The predicted octanol–water partition coefficient (Wildman–Crippen LogP) is 1.00. The predicted molar refractivity (Wildman–Crippen MR) is 68.8 cm³/mol. The lowest BCUT2D eigenvalue weighted by molar-refractivity contribution is -0.142. The molecule has 0 spiro atoms. The van der Waals surface area contributed by atoms with Crippen LogP contribution < -0.4 is 0 Å². The van der Waals surface area contributed by atoms with E-state index in [1.807, 2.05) is 17.0 Å². The van der Waals surface area contributed by atoms with Crippen molar-refractivity contribution in [3.05, 3.63) is 34.9 Å². The van der Waals surface area contributed by atoms with Gasteiger partial charge in [-0.05, 0) is 29.7 Å². The summed E-state index contributed by atoms with van der Waals surface area (Å²) in [7, 11) is 2.77. The maximum absolute atomic E-state index is 11.5. The summed E-state index contributed by atoms with van der Waals surface area (Å²) in [6.07, 6.45) is 0.817. The van der Waals surface area contributed by atoms with Gasteiger partial charge in [0.25, 0.3) is 0 Å². The number of benzene rings is 1. The van der Waals surface area contributed by atoms with E-state index in [0.29, 0.717) is 18.7 Å². The molecule has 19 heavy (non-hydrogen) atoms. The molecule has 1 aliphatic rings. The topological polar surface area (TPSA) is 55.8 Å².